The Balaban J connectivity index is 1.80. The molecule has 130 valence electrons. The van der Waals surface area contributed by atoms with Gasteiger partial charge in [0.15, 0.2) is 0 Å². The van der Waals surface area contributed by atoms with Crippen molar-refractivity contribution in [3.05, 3.63) is 96.2 Å². The third-order valence-electron chi connectivity index (χ3n) is 4.34. The van der Waals surface area contributed by atoms with Crippen LogP contribution in [0.3, 0.4) is 0 Å². The molecule has 4 rings (SSSR count). The summed E-state index contributed by atoms with van der Waals surface area (Å²) in [5.41, 5.74) is 5.02. The van der Waals surface area contributed by atoms with E-state index in [2.05, 4.69) is 11.1 Å². The second-order valence-corrected chi connectivity index (χ2v) is 6.10. The Kier molecular flexibility index (Phi) is 4.46. The number of hydrogen-bond acceptors (Lipinski definition) is 3. The molecule has 0 aliphatic carbocycles. The van der Waals surface area contributed by atoms with Gasteiger partial charge in [0.2, 0.25) is 0 Å². The molecule has 2 aromatic heterocycles. The number of nitriles is 1. The summed E-state index contributed by atoms with van der Waals surface area (Å²) in [4.78, 5) is 4.07. The number of halogens is 1. The van der Waals surface area contributed by atoms with Gasteiger partial charge in [-0.1, -0.05) is 18.2 Å². The monoisotopic (exact) mass is 354 g/mol. The average molecular weight is 354 g/mol. The molecule has 0 aliphatic heterocycles. The highest BCUT2D eigenvalue weighted by Gasteiger charge is 2.14. The minimum atomic E-state index is -0.286. The van der Waals surface area contributed by atoms with Crippen LogP contribution >= 0.6 is 0 Å². The number of nitrogens with zero attached hydrogens (tertiary/aromatic N) is 4. The third-order valence-corrected chi connectivity index (χ3v) is 4.34. The molecule has 0 N–H and O–H groups in total. The van der Waals surface area contributed by atoms with Gasteiger partial charge in [0.05, 0.1) is 18.2 Å². The van der Waals surface area contributed by atoms with E-state index in [4.69, 9.17) is 5.10 Å². The Morgan fingerprint density at radius 1 is 0.926 bits per heavy atom. The van der Waals surface area contributed by atoms with E-state index in [1.54, 1.807) is 30.6 Å². The Morgan fingerprint density at radius 2 is 1.67 bits per heavy atom. The van der Waals surface area contributed by atoms with Crippen LogP contribution in [-0.4, -0.2) is 14.8 Å². The van der Waals surface area contributed by atoms with E-state index in [9.17, 15) is 9.65 Å². The van der Waals surface area contributed by atoms with Crippen LogP contribution in [0.1, 0.15) is 11.1 Å². The molecule has 2 aromatic carbocycles. The molecule has 0 spiro atoms. The van der Waals surface area contributed by atoms with Gasteiger partial charge in [-0.15, -0.1) is 0 Å². The topological polar surface area (TPSA) is 54.5 Å². The molecule has 0 radical (unpaired) electrons. The van der Waals surface area contributed by atoms with Crippen molar-refractivity contribution in [2.24, 2.45) is 0 Å². The van der Waals surface area contributed by atoms with Crippen LogP contribution in [-0.2, 0) is 6.54 Å². The summed E-state index contributed by atoms with van der Waals surface area (Å²) in [6, 6.07) is 19.8. The van der Waals surface area contributed by atoms with Gasteiger partial charge >= 0.3 is 0 Å². The first-order valence-electron chi connectivity index (χ1n) is 8.46. The summed E-state index contributed by atoms with van der Waals surface area (Å²) in [5, 5.41) is 14.0. The summed E-state index contributed by atoms with van der Waals surface area (Å²) < 4.78 is 15.1. The van der Waals surface area contributed by atoms with Gasteiger partial charge in [-0.25, -0.2) is 4.39 Å². The van der Waals surface area contributed by atoms with Crippen molar-refractivity contribution in [3.8, 4) is 28.5 Å². The largest absolute Gasteiger partial charge is 0.267 e. The smallest absolute Gasteiger partial charge is 0.123 e. The fourth-order valence-corrected chi connectivity index (χ4v) is 3.01. The molecule has 5 heteroatoms. The van der Waals surface area contributed by atoms with Gasteiger partial charge in [-0.2, -0.15) is 10.4 Å². The normalized spacial score (nSPS) is 10.5. The van der Waals surface area contributed by atoms with Crippen molar-refractivity contribution in [1.29, 1.82) is 5.26 Å². The summed E-state index contributed by atoms with van der Waals surface area (Å²) >= 11 is 0. The lowest BCUT2D eigenvalue weighted by atomic mass is 10.0. The van der Waals surface area contributed by atoms with Gasteiger partial charge in [-0.05, 0) is 53.6 Å². The van der Waals surface area contributed by atoms with Crippen molar-refractivity contribution in [2.45, 2.75) is 6.54 Å². The van der Waals surface area contributed by atoms with Gasteiger partial charge < -0.3 is 0 Å². The van der Waals surface area contributed by atoms with E-state index in [0.717, 1.165) is 27.9 Å². The predicted octanol–water partition coefficient (Wildman–Crippen LogP) is 4.67. The second-order valence-electron chi connectivity index (χ2n) is 6.10. The van der Waals surface area contributed by atoms with Crippen molar-refractivity contribution < 1.29 is 4.39 Å². The van der Waals surface area contributed by atoms with E-state index < -0.39 is 0 Å². The summed E-state index contributed by atoms with van der Waals surface area (Å²) in [6.07, 6.45) is 5.40. The van der Waals surface area contributed by atoms with Gasteiger partial charge in [0, 0.05) is 29.7 Å². The first-order valence-corrected chi connectivity index (χ1v) is 8.46. The van der Waals surface area contributed by atoms with Crippen molar-refractivity contribution >= 4 is 0 Å². The van der Waals surface area contributed by atoms with Crippen LogP contribution in [0.4, 0.5) is 4.39 Å². The number of rotatable bonds is 4. The molecule has 0 fully saturated rings. The Morgan fingerprint density at radius 3 is 2.41 bits per heavy atom. The lowest BCUT2D eigenvalue weighted by Gasteiger charge is -2.04. The lowest BCUT2D eigenvalue weighted by molar-refractivity contribution is 0.628. The Hall–Kier alpha value is -3.78. The van der Waals surface area contributed by atoms with E-state index >= 15 is 0 Å². The second kappa shape index (κ2) is 7.22. The average Bonchev–Trinajstić information content (AvgIpc) is 3.13. The van der Waals surface area contributed by atoms with E-state index in [-0.39, 0.29) is 5.82 Å². The highest BCUT2D eigenvalue weighted by atomic mass is 19.1. The SMILES string of the molecule is N#Cc1ccccc1Cn1cc(-c2ccncc2)c(-c2ccc(F)cc2)n1. The van der Waals surface area contributed by atoms with Gasteiger partial charge in [-0.3, -0.25) is 9.67 Å². The first kappa shape index (κ1) is 16.7. The molecule has 4 nitrogen and oxygen atoms in total. The number of aromatic nitrogens is 3. The molecular weight excluding hydrogens is 339 g/mol. The van der Waals surface area contributed by atoms with Crippen LogP contribution in [0.25, 0.3) is 22.4 Å². The van der Waals surface area contributed by atoms with E-state index in [1.165, 1.54) is 12.1 Å². The molecule has 0 saturated carbocycles. The molecule has 0 bridgehead atoms. The lowest BCUT2D eigenvalue weighted by Crippen LogP contribution is -2.02. The maximum absolute atomic E-state index is 13.3. The standard InChI is InChI=1S/C22H15FN4/c23-20-7-5-17(6-8-20)22-21(16-9-11-25-12-10-16)15-27(26-22)14-19-4-2-1-3-18(19)13-24/h1-12,15H,14H2. The van der Waals surface area contributed by atoms with Crippen LogP contribution in [0.2, 0.25) is 0 Å². The molecule has 2 heterocycles. The van der Waals surface area contributed by atoms with Crippen LogP contribution in [0.15, 0.2) is 79.3 Å². The summed E-state index contributed by atoms with van der Waals surface area (Å²) in [5.74, 6) is -0.286. The van der Waals surface area contributed by atoms with Crippen LogP contribution < -0.4 is 0 Å². The van der Waals surface area contributed by atoms with Crippen molar-refractivity contribution in [1.82, 2.24) is 14.8 Å². The van der Waals surface area contributed by atoms with Gasteiger partial charge in [0.1, 0.15) is 11.5 Å². The number of pyridine rings is 1. The minimum Gasteiger partial charge on any atom is -0.267 e. The maximum Gasteiger partial charge on any atom is 0.123 e. The van der Waals surface area contributed by atoms with Crippen molar-refractivity contribution in [3.63, 3.8) is 0 Å². The van der Waals surface area contributed by atoms with Crippen LogP contribution in [0, 0.1) is 17.1 Å². The highest BCUT2D eigenvalue weighted by Crippen LogP contribution is 2.31. The first-order chi connectivity index (χ1) is 13.2. The number of hydrogen-bond donors (Lipinski definition) is 0. The Bertz CT molecular complexity index is 1110. The fourth-order valence-electron chi connectivity index (χ4n) is 3.01. The Labute approximate surface area is 156 Å². The molecule has 0 unspecified atom stereocenters. The zero-order valence-electron chi connectivity index (χ0n) is 14.4. The quantitative estimate of drug-likeness (QED) is 0.535. The van der Waals surface area contributed by atoms with Crippen molar-refractivity contribution in [2.75, 3.05) is 0 Å². The molecule has 27 heavy (non-hydrogen) atoms. The summed E-state index contributed by atoms with van der Waals surface area (Å²) in [7, 11) is 0. The van der Waals surface area contributed by atoms with E-state index in [1.807, 2.05) is 41.2 Å². The maximum atomic E-state index is 13.3. The molecule has 4 aromatic rings. The van der Waals surface area contributed by atoms with E-state index in [0.29, 0.717) is 12.1 Å². The highest BCUT2D eigenvalue weighted by molar-refractivity contribution is 5.80. The third kappa shape index (κ3) is 3.46. The zero-order valence-corrected chi connectivity index (χ0v) is 14.4. The molecule has 0 saturated heterocycles. The minimum absolute atomic E-state index is 0.286. The van der Waals surface area contributed by atoms with Crippen LogP contribution in [0.5, 0.6) is 0 Å². The molecule has 0 aliphatic rings. The summed E-state index contributed by atoms with van der Waals surface area (Å²) in [6.45, 7) is 0.475. The molecule has 0 amide bonds. The molecular formula is C22H15FN4. The fraction of sp³-hybridized carbons (Fsp3) is 0.0455. The van der Waals surface area contributed by atoms with Gasteiger partial charge in [0.25, 0.3) is 0 Å². The number of benzene rings is 2. The molecule has 0 atom stereocenters. The predicted molar refractivity (Wildman–Crippen MR) is 101 cm³/mol. The zero-order chi connectivity index (χ0) is 18.6.